The minimum Gasteiger partial charge on any atom is -0.241 e. The Labute approximate surface area is 157 Å². The fourth-order valence-corrected chi connectivity index (χ4v) is 7.43. The SMILES string of the molecule is CCN1CC(C)(C)[N+](CC)(CC)C12N(CC)C(C)(C)C[N+]2(CC)CC. The summed E-state index contributed by atoms with van der Waals surface area (Å²) in [5.41, 5.74) is 0.490. The highest BCUT2D eigenvalue weighted by Crippen LogP contribution is 2.57. The predicted molar refractivity (Wildman–Crippen MR) is 108 cm³/mol. The molecule has 0 aromatic rings. The molecule has 2 aliphatic heterocycles. The second-order valence-corrected chi connectivity index (χ2v) is 9.52. The van der Waals surface area contributed by atoms with Gasteiger partial charge in [0.05, 0.1) is 38.3 Å². The molecule has 2 rings (SSSR count). The molecule has 2 aliphatic rings. The molecule has 0 aromatic carbocycles. The molecule has 1 atom stereocenters. The third-order valence-electron chi connectivity index (χ3n) is 8.14. The number of hydrogen-bond acceptors (Lipinski definition) is 2. The Balaban J connectivity index is 2.93. The van der Waals surface area contributed by atoms with Crippen LogP contribution in [0, 0.1) is 0 Å². The van der Waals surface area contributed by atoms with Crippen LogP contribution in [0.2, 0.25) is 0 Å². The third kappa shape index (κ3) is 2.20. The first-order chi connectivity index (χ1) is 11.6. The van der Waals surface area contributed by atoms with Gasteiger partial charge in [-0.25, -0.2) is 8.97 Å². The summed E-state index contributed by atoms with van der Waals surface area (Å²) in [6.07, 6.45) is 0. The molecule has 0 aromatic heterocycles. The standard InChI is InChI=1S/C21H46N4/c1-11-22-17-20(9,10)25(15-5,16-6)21(22)23(12-2)19(7,8)18-24(21,13-3)14-4/h11-18H2,1-10H3/q+2. The van der Waals surface area contributed by atoms with E-state index < -0.39 is 0 Å². The van der Waals surface area contributed by atoms with Gasteiger partial charge >= 0.3 is 5.91 Å². The highest BCUT2D eigenvalue weighted by atomic mass is 15.9. The van der Waals surface area contributed by atoms with Crippen LogP contribution in [0.3, 0.4) is 0 Å². The Morgan fingerprint density at radius 3 is 1.64 bits per heavy atom. The van der Waals surface area contributed by atoms with Crippen LogP contribution >= 0.6 is 0 Å². The molecule has 4 nitrogen and oxygen atoms in total. The molecule has 0 radical (unpaired) electrons. The molecule has 2 heterocycles. The number of rotatable bonds is 6. The Hall–Kier alpha value is -0.160. The normalized spacial score (nSPS) is 33.4. The first-order valence-electron chi connectivity index (χ1n) is 10.8. The van der Waals surface area contributed by atoms with Crippen LogP contribution in [0.5, 0.6) is 0 Å². The van der Waals surface area contributed by atoms with Crippen molar-refractivity contribution in [1.29, 1.82) is 0 Å². The highest BCUT2D eigenvalue weighted by molar-refractivity contribution is 5.01. The quantitative estimate of drug-likeness (QED) is 0.673. The van der Waals surface area contributed by atoms with Crippen molar-refractivity contribution >= 4 is 0 Å². The summed E-state index contributed by atoms with van der Waals surface area (Å²) >= 11 is 0. The van der Waals surface area contributed by atoms with Crippen molar-refractivity contribution in [3.05, 3.63) is 0 Å². The Morgan fingerprint density at radius 2 is 1.28 bits per heavy atom. The van der Waals surface area contributed by atoms with Crippen LogP contribution in [0.1, 0.15) is 69.2 Å². The van der Waals surface area contributed by atoms with Gasteiger partial charge in [-0.15, -0.1) is 0 Å². The Morgan fingerprint density at radius 1 is 0.760 bits per heavy atom. The summed E-state index contributed by atoms with van der Waals surface area (Å²) in [6, 6.07) is 0. The Kier molecular flexibility index (Phi) is 5.47. The first-order valence-corrected chi connectivity index (χ1v) is 10.8. The summed E-state index contributed by atoms with van der Waals surface area (Å²) < 4.78 is 2.39. The van der Waals surface area contributed by atoms with Crippen molar-refractivity contribution in [2.45, 2.75) is 86.2 Å². The van der Waals surface area contributed by atoms with E-state index in [9.17, 15) is 0 Å². The molecule has 4 heteroatoms. The lowest BCUT2D eigenvalue weighted by Gasteiger charge is -2.60. The Bertz CT molecular complexity index is 476. The number of quaternary nitrogens is 2. The van der Waals surface area contributed by atoms with Crippen molar-refractivity contribution < 1.29 is 8.97 Å². The zero-order valence-electron chi connectivity index (χ0n) is 18.9. The maximum Gasteiger partial charge on any atom is 0.357 e. The van der Waals surface area contributed by atoms with E-state index in [-0.39, 0.29) is 17.0 Å². The molecule has 0 N–H and O–H groups in total. The highest BCUT2D eigenvalue weighted by Gasteiger charge is 2.83. The van der Waals surface area contributed by atoms with Crippen molar-refractivity contribution in [1.82, 2.24) is 9.80 Å². The van der Waals surface area contributed by atoms with E-state index in [0.29, 0.717) is 0 Å². The second-order valence-electron chi connectivity index (χ2n) is 9.52. The van der Waals surface area contributed by atoms with Gasteiger partial charge in [-0.05, 0) is 55.4 Å². The first kappa shape index (κ1) is 21.1. The van der Waals surface area contributed by atoms with Gasteiger partial charge in [-0.1, -0.05) is 13.8 Å². The number of hydrogen-bond donors (Lipinski definition) is 0. The molecular formula is C21H46N4+2. The monoisotopic (exact) mass is 354 g/mol. The van der Waals surface area contributed by atoms with E-state index in [1.165, 1.54) is 48.2 Å². The molecule has 148 valence electrons. The molecule has 1 spiro atoms. The average molecular weight is 355 g/mol. The van der Waals surface area contributed by atoms with Gasteiger partial charge in [0.25, 0.3) is 0 Å². The average Bonchev–Trinajstić information content (AvgIpc) is 2.90. The van der Waals surface area contributed by atoms with Gasteiger partial charge in [-0.2, -0.15) is 9.80 Å². The van der Waals surface area contributed by atoms with Gasteiger partial charge in [0.1, 0.15) is 12.1 Å². The lowest BCUT2D eigenvalue weighted by atomic mass is 9.99. The van der Waals surface area contributed by atoms with Gasteiger partial charge in [-0.3, -0.25) is 0 Å². The van der Waals surface area contributed by atoms with Gasteiger partial charge < -0.3 is 0 Å². The maximum absolute atomic E-state index is 2.90. The van der Waals surface area contributed by atoms with Crippen LogP contribution in [0.25, 0.3) is 0 Å². The van der Waals surface area contributed by atoms with E-state index in [4.69, 9.17) is 0 Å². The summed E-state index contributed by atoms with van der Waals surface area (Å²) in [4.78, 5) is 5.77. The van der Waals surface area contributed by atoms with Crippen molar-refractivity contribution in [2.75, 3.05) is 52.4 Å². The minimum atomic E-state index is 0.0590. The van der Waals surface area contributed by atoms with E-state index in [1.807, 2.05) is 0 Å². The van der Waals surface area contributed by atoms with Gasteiger partial charge in [0.2, 0.25) is 0 Å². The van der Waals surface area contributed by atoms with Crippen molar-refractivity contribution in [3.63, 3.8) is 0 Å². The number of nitrogens with zero attached hydrogens (tertiary/aromatic N) is 4. The number of likely N-dealkylation sites (N-methyl/N-ethyl adjacent to an activating group) is 4. The third-order valence-corrected chi connectivity index (χ3v) is 8.14. The molecule has 2 saturated heterocycles. The fourth-order valence-electron chi connectivity index (χ4n) is 7.43. The van der Waals surface area contributed by atoms with Crippen LogP contribution in [-0.2, 0) is 0 Å². The van der Waals surface area contributed by atoms with Crippen LogP contribution in [-0.4, -0.2) is 88.1 Å². The van der Waals surface area contributed by atoms with E-state index >= 15 is 0 Å². The summed E-state index contributed by atoms with van der Waals surface area (Å²) in [7, 11) is 0. The zero-order chi connectivity index (χ0) is 19.3. The molecular weight excluding hydrogens is 308 g/mol. The zero-order valence-corrected chi connectivity index (χ0v) is 18.9. The van der Waals surface area contributed by atoms with Crippen LogP contribution in [0.15, 0.2) is 0 Å². The lowest BCUT2D eigenvalue weighted by Crippen LogP contribution is -2.85. The minimum absolute atomic E-state index is 0.0590. The second kappa shape index (κ2) is 6.47. The molecule has 0 amide bonds. The van der Waals surface area contributed by atoms with E-state index in [0.717, 1.165) is 13.1 Å². The van der Waals surface area contributed by atoms with E-state index in [1.54, 1.807) is 0 Å². The van der Waals surface area contributed by atoms with Crippen molar-refractivity contribution in [3.8, 4) is 0 Å². The summed E-state index contributed by atoms with van der Waals surface area (Å²) in [6.45, 7) is 34.0. The van der Waals surface area contributed by atoms with Crippen molar-refractivity contribution in [2.24, 2.45) is 0 Å². The fraction of sp³-hybridized carbons (Fsp3) is 1.00. The molecule has 0 bridgehead atoms. The largest absolute Gasteiger partial charge is 0.357 e. The molecule has 2 fully saturated rings. The maximum atomic E-state index is 2.90. The topological polar surface area (TPSA) is 6.48 Å². The lowest BCUT2D eigenvalue weighted by molar-refractivity contribution is -1.19. The van der Waals surface area contributed by atoms with Gasteiger partial charge in [0.15, 0.2) is 0 Å². The predicted octanol–water partition coefficient (Wildman–Crippen LogP) is 3.54. The van der Waals surface area contributed by atoms with Gasteiger partial charge in [0, 0.05) is 13.1 Å². The molecule has 0 aliphatic carbocycles. The van der Waals surface area contributed by atoms with E-state index in [2.05, 4.69) is 79.0 Å². The smallest absolute Gasteiger partial charge is 0.241 e. The molecule has 1 unspecified atom stereocenters. The van der Waals surface area contributed by atoms with Crippen LogP contribution < -0.4 is 0 Å². The molecule has 25 heavy (non-hydrogen) atoms. The van der Waals surface area contributed by atoms with Crippen LogP contribution in [0.4, 0.5) is 0 Å². The summed E-state index contributed by atoms with van der Waals surface area (Å²) in [5.74, 6) is 0.0590. The summed E-state index contributed by atoms with van der Waals surface area (Å²) in [5, 5.41) is 0. The molecule has 0 saturated carbocycles.